The fourth-order valence-corrected chi connectivity index (χ4v) is 20.0. The van der Waals surface area contributed by atoms with Crippen LogP contribution in [0.3, 0.4) is 0 Å². The first-order valence-corrected chi connectivity index (χ1v) is 40.1. The van der Waals surface area contributed by atoms with Crippen molar-refractivity contribution in [1.29, 1.82) is 0 Å². The van der Waals surface area contributed by atoms with Gasteiger partial charge in [-0.2, -0.15) is 13.5 Å². The molecule has 3 aromatic heterocycles. The lowest BCUT2D eigenvalue weighted by atomic mass is 9.39. The highest BCUT2D eigenvalue weighted by Crippen LogP contribution is 2.72. The molecule has 0 spiro atoms. The normalized spacial score (nSPS) is 26.9. The van der Waals surface area contributed by atoms with E-state index in [2.05, 4.69) is 29.5 Å². The van der Waals surface area contributed by atoms with Crippen LogP contribution in [0.15, 0.2) is 91.1 Å². The van der Waals surface area contributed by atoms with E-state index in [4.69, 9.17) is 33.8 Å². The van der Waals surface area contributed by atoms with Crippen molar-refractivity contribution in [3.05, 3.63) is 130 Å². The van der Waals surface area contributed by atoms with Crippen molar-refractivity contribution in [3.63, 3.8) is 0 Å². The number of nitrogens with one attached hydrogen (secondary N) is 2. The van der Waals surface area contributed by atoms with Crippen LogP contribution in [0.25, 0.3) is 21.3 Å². The first-order valence-electron chi connectivity index (χ1n) is 37.7. The number of thiazole rings is 1. The van der Waals surface area contributed by atoms with Crippen molar-refractivity contribution in [2.24, 2.45) is 16.2 Å². The molecule has 4 aliphatic heterocycles. The summed E-state index contributed by atoms with van der Waals surface area (Å²) in [7, 11) is -4.37. The van der Waals surface area contributed by atoms with Crippen LogP contribution >= 0.6 is 11.3 Å². The number of ether oxygens (including phenoxy) is 5. The Morgan fingerprint density at radius 2 is 1.64 bits per heavy atom. The van der Waals surface area contributed by atoms with E-state index >= 15 is 0 Å². The molecule has 113 heavy (non-hydrogen) atoms. The van der Waals surface area contributed by atoms with Crippen molar-refractivity contribution >= 4 is 90.6 Å². The molecular formula is C78H94N10O23S2. The molecule has 7 heterocycles. The predicted octanol–water partition coefficient (Wildman–Crippen LogP) is 4.45. The summed E-state index contributed by atoms with van der Waals surface area (Å²) >= 11 is 1.39. The second-order valence-corrected chi connectivity index (χ2v) is 34.5. The van der Waals surface area contributed by atoms with E-state index in [9.17, 15) is 87.1 Å². The SMILES string of the molecule is Cc1c(-c2ccc(N3CCc4cccc(C(=O)Nc5nc6ccccc6s5)c4C3)nc2C(=O)O)cnn1CC12CC3(C)CC(C)(C1)CC(OCCN(CC[C@H](O)CO)C(=O)OCc1ccc(CCCCNC(=O)CN4C[C@](C=O)(N5C(=O)C=CC5=O)C[C@H]4COCCS(=O)(=O)O)cc1O[C@@H]1O[C@H](C(=O)O)[C@@H](O)[C@H](O)[C@H]1O)(C3)C2. The maximum absolute atomic E-state index is 14.4. The van der Waals surface area contributed by atoms with Crippen LogP contribution in [0.5, 0.6) is 5.75 Å². The lowest BCUT2D eigenvalue weighted by Gasteiger charge is -2.69. The van der Waals surface area contributed by atoms with Crippen LogP contribution in [0.2, 0.25) is 0 Å². The van der Waals surface area contributed by atoms with Crippen LogP contribution in [-0.2, 0) is 85.6 Å². The van der Waals surface area contributed by atoms with Gasteiger partial charge in [0.15, 0.2) is 16.9 Å². The molecule has 2 saturated heterocycles. The number of aromatic carboxylic acids is 1. The Hall–Kier alpha value is -9.24. The number of para-hydroxylation sites is 1. The van der Waals surface area contributed by atoms with Crippen molar-refractivity contribution in [1.82, 2.24) is 39.8 Å². The van der Waals surface area contributed by atoms with E-state index in [1.54, 1.807) is 35.4 Å². The Bertz CT molecular complexity index is 4720. The number of carbonyl (C=O) groups is 8. The summed E-state index contributed by atoms with van der Waals surface area (Å²) in [6.45, 7) is 5.77. The summed E-state index contributed by atoms with van der Waals surface area (Å²) in [5.74, 6) is -5.42. The Kier molecular flexibility index (Phi) is 24.1. The summed E-state index contributed by atoms with van der Waals surface area (Å²) in [6.07, 6.45) is -1.25. The van der Waals surface area contributed by atoms with Gasteiger partial charge in [0.1, 0.15) is 48.3 Å². The third kappa shape index (κ3) is 18.1. The molecule has 35 heteroatoms. The molecule has 6 fully saturated rings. The number of aromatic nitrogens is 4. The summed E-state index contributed by atoms with van der Waals surface area (Å²) in [4.78, 5) is 120. The van der Waals surface area contributed by atoms with Gasteiger partial charge in [-0.05, 0) is 153 Å². The van der Waals surface area contributed by atoms with Gasteiger partial charge in [-0.15, -0.1) is 0 Å². The summed E-state index contributed by atoms with van der Waals surface area (Å²) < 4.78 is 64.9. The Labute approximate surface area is 654 Å². The number of anilines is 2. The molecule has 4 aliphatic carbocycles. The Morgan fingerprint density at radius 1 is 0.876 bits per heavy atom. The molecule has 4 bridgehead atoms. The smallest absolute Gasteiger partial charge is 0.410 e. The van der Waals surface area contributed by atoms with Gasteiger partial charge in [-0.1, -0.05) is 61.6 Å². The van der Waals surface area contributed by atoms with Crippen molar-refractivity contribution in [2.75, 3.05) is 81.7 Å². The molecule has 14 rings (SSSR count). The zero-order chi connectivity index (χ0) is 80.5. The molecular weight excluding hydrogens is 1510 g/mol. The highest BCUT2D eigenvalue weighted by Gasteiger charge is 2.66. The number of rotatable bonds is 34. The first-order chi connectivity index (χ1) is 53.8. The zero-order valence-electron chi connectivity index (χ0n) is 62.8. The maximum Gasteiger partial charge on any atom is 0.410 e. The average Bonchev–Trinajstić information content (AvgIpc) is 1.45. The third-order valence-corrected chi connectivity index (χ3v) is 24.5. The van der Waals surface area contributed by atoms with E-state index < -0.39 is 125 Å². The van der Waals surface area contributed by atoms with Gasteiger partial charge in [0.25, 0.3) is 27.8 Å². The molecule has 2 unspecified atom stereocenters. The monoisotopic (exact) mass is 1600 g/mol. The third-order valence-electron chi connectivity index (χ3n) is 22.9. The number of hydrogen-bond acceptors (Lipinski definition) is 26. The van der Waals surface area contributed by atoms with E-state index in [-0.39, 0.29) is 97.9 Å². The standard InChI is InChI=1S/C78H94N10O23S2/c1-46-54(52-16-17-59(82-63(52)69(99)100)85-23-20-48-10-8-11-53(55(48)32-85)68(98)83-72-81-56-12-4-5-13-58(56)112-72)31-80-87(46)43-76-38-74(2)37-75(3,39-76)41-78(40-74,42-76)109-26-25-84(24-21-51(91)34-89)73(103)108-35-49-15-14-47(29-57(49)110-71-66(97)64(95)65(96)67(111-71)70(101)102)9-6-7-22-79-60(92)33-86-44-77(45-90,88-61(93)18-19-62(88)94)30-50(86)36-107-27-28-113(104,105)106/h4-5,8,10-19,29,31,45,50-51,64-67,71,89,91,95-97H,6-7,9,20-28,30,32-44H2,1-3H3,(H,79,92)(H,99,100)(H,101,102)(H,81,83,98)(H,104,105,106)/t50-,51-,64-,65-,66+,67-,71+,74?,75?,76?,77+,78?/m0/s1. The number of benzene rings is 3. The average molecular weight is 1600 g/mol. The van der Waals surface area contributed by atoms with Gasteiger partial charge >= 0.3 is 18.0 Å². The topological polar surface area (TPSA) is 459 Å². The number of nitrogens with zero attached hydrogens (tertiary/aromatic N) is 8. The van der Waals surface area contributed by atoms with Crippen LogP contribution in [-0.4, -0.2) is 257 Å². The number of aryl methyl sites for hydroxylation is 1. The van der Waals surface area contributed by atoms with Gasteiger partial charge in [0.2, 0.25) is 12.2 Å². The molecule has 10 N–H and O–H groups in total. The number of carboxylic acid groups (broad SMARTS) is 2. The quantitative estimate of drug-likeness (QED) is 0.0115. The fraction of sp³-hybridized carbons (Fsp3) is 0.526. The Balaban J connectivity index is 0.654. The number of carbonyl (C=O) groups excluding carboxylic acids is 6. The van der Waals surface area contributed by atoms with Gasteiger partial charge < -0.3 is 79.3 Å². The number of aldehydes is 1. The van der Waals surface area contributed by atoms with Gasteiger partial charge in [0.05, 0.1) is 66.8 Å². The number of aliphatic hydroxyl groups is 5. The van der Waals surface area contributed by atoms with Crippen LogP contribution in [0, 0.1) is 23.2 Å². The van der Waals surface area contributed by atoms with Gasteiger partial charge in [-0.25, -0.2) is 24.4 Å². The predicted molar refractivity (Wildman–Crippen MR) is 405 cm³/mol. The maximum atomic E-state index is 14.4. The highest BCUT2D eigenvalue weighted by atomic mass is 32.2. The lowest BCUT2D eigenvalue weighted by molar-refractivity contribution is -0.271. The number of amides is 5. The van der Waals surface area contributed by atoms with E-state index in [1.165, 1.54) is 22.3 Å². The number of likely N-dealkylation sites (tertiary alicyclic amines) is 1. The molecule has 3 aromatic carbocycles. The van der Waals surface area contributed by atoms with Crippen molar-refractivity contribution in [3.8, 4) is 16.9 Å². The largest absolute Gasteiger partial charge is 0.479 e. The minimum atomic E-state index is -4.37. The number of imide groups is 1. The molecule has 606 valence electrons. The lowest BCUT2D eigenvalue weighted by Crippen LogP contribution is -2.64. The number of aliphatic carboxylic acids is 1. The number of pyridine rings is 1. The number of fused-ring (bicyclic) bond motifs is 2. The van der Waals surface area contributed by atoms with Gasteiger partial charge in [0, 0.05) is 92.0 Å². The minimum Gasteiger partial charge on any atom is -0.479 e. The number of hydrogen-bond donors (Lipinski definition) is 10. The number of carboxylic acids is 2. The van der Waals surface area contributed by atoms with Crippen LogP contribution in [0.1, 0.15) is 127 Å². The van der Waals surface area contributed by atoms with Crippen LogP contribution < -0.4 is 20.3 Å². The van der Waals surface area contributed by atoms with E-state index in [1.807, 2.05) is 59.0 Å². The first kappa shape index (κ1) is 81.8. The molecule has 10 atom stereocenters. The van der Waals surface area contributed by atoms with E-state index in [0.29, 0.717) is 91.2 Å². The highest BCUT2D eigenvalue weighted by molar-refractivity contribution is 7.85. The summed E-state index contributed by atoms with van der Waals surface area (Å²) in [5, 5.41) is 84.7. The molecule has 33 nitrogen and oxygen atoms in total. The van der Waals surface area contributed by atoms with Gasteiger partial charge in [-0.3, -0.25) is 43.5 Å². The summed E-state index contributed by atoms with van der Waals surface area (Å²) in [5.41, 5.74) is 2.69. The van der Waals surface area contributed by atoms with E-state index in [0.717, 1.165) is 76.2 Å². The molecule has 8 aliphatic rings. The molecule has 0 radical (unpaired) electrons. The fourth-order valence-electron chi connectivity index (χ4n) is 18.9. The Morgan fingerprint density at radius 3 is 2.35 bits per heavy atom. The second-order valence-electron chi connectivity index (χ2n) is 31.9. The van der Waals surface area contributed by atoms with Crippen molar-refractivity contribution < 1.29 is 111 Å². The summed E-state index contributed by atoms with van der Waals surface area (Å²) in [6, 6.07) is 20.9. The number of unbranched alkanes of at least 4 members (excludes halogenated alkanes) is 1. The van der Waals surface area contributed by atoms with Crippen LogP contribution in [0.4, 0.5) is 15.7 Å². The second kappa shape index (κ2) is 33.3. The molecule has 4 saturated carbocycles. The zero-order valence-corrected chi connectivity index (χ0v) is 64.4. The van der Waals surface area contributed by atoms with Crippen molar-refractivity contribution in [2.45, 2.75) is 172 Å². The molecule has 6 aromatic rings. The minimum absolute atomic E-state index is 0.00616. The number of aliphatic hydroxyl groups excluding tert-OH is 5. The molecule has 5 amide bonds.